The summed E-state index contributed by atoms with van der Waals surface area (Å²) < 4.78 is 16.7. The van der Waals surface area contributed by atoms with Gasteiger partial charge in [-0.15, -0.1) is 0 Å². The van der Waals surface area contributed by atoms with Crippen molar-refractivity contribution in [3.05, 3.63) is 54.3 Å². The molecule has 0 bridgehead atoms. The standard InChI is InChI=1S/C26H29NO4/c1-17-9-11-27(12-10-17)26(28)13-18(2)21-14-22-23(16-31-25(22)15-24(21)30-4)19-5-7-20(29-3)8-6-19/h5-8,13-17H,9-12H2,1-4H3/b18-13+. The topological polar surface area (TPSA) is 51.9 Å². The highest BCUT2D eigenvalue weighted by Crippen LogP contribution is 2.37. The average Bonchev–Trinajstić information content (AvgIpc) is 3.21. The fraction of sp³-hybridized carbons (Fsp3) is 0.346. The van der Waals surface area contributed by atoms with Crippen molar-refractivity contribution in [2.75, 3.05) is 27.3 Å². The summed E-state index contributed by atoms with van der Waals surface area (Å²) >= 11 is 0. The lowest BCUT2D eigenvalue weighted by Crippen LogP contribution is -2.36. The number of ether oxygens (including phenoxy) is 2. The molecule has 2 aromatic carbocycles. The van der Waals surface area contributed by atoms with Gasteiger partial charge in [0.15, 0.2) is 0 Å². The Morgan fingerprint density at radius 3 is 2.45 bits per heavy atom. The molecule has 5 nitrogen and oxygen atoms in total. The zero-order chi connectivity index (χ0) is 22.0. The molecule has 162 valence electrons. The van der Waals surface area contributed by atoms with Crippen LogP contribution in [-0.2, 0) is 4.79 Å². The molecule has 0 spiro atoms. The lowest BCUT2D eigenvalue weighted by Gasteiger charge is -2.29. The number of benzene rings is 2. The van der Waals surface area contributed by atoms with E-state index >= 15 is 0 Å². The molecule has 31 heavy (non-hydrogen) atoms. The van der Waals surface area contributed by atoms with Crippen LogP contribution in [0.15, 0.2) is 53.2 Å². The molecule has 1 fully saturated rings. The van der Waals surface area contributed by atoms with E-state index in [1.807, 2.05) is 42.2 Å². The van der Waals surface area contributed by atoms with Crippen LogP contribution in [0.3, 0.4) is 0 Å². The molecular weight excluding hydrogens is 390 g/mol. The molecule has 1 amide bonds. The van der Waals surface area contributed by atoms with Gasteiger partial charge in [0, 0.05) is 41.7 Å². The number of rotatable bonds is 5. The maximum Gasteiger partial charge on any atom is 0.246 e. The molecule has 1 aliphatic heterocycles. The summed E-state index contributed by atoms with van der Waals surface area (Å²) in [5.74, 6) is 2.25. The van der Waals surface area contributed by atoms with Gasteiger partial charge in [0.2, 0.25) is 5.91 Å². The van der Waals surface area contributed by atoms with Gasteiger partial charge >= 0.3 is 0 Å². The van der Waals surface area contributed by atoms with E-state index in [1.54, 1.807) is 26.6 Å². The Hall–Kier alpha value is -3.21. The molecule has 1 saturated heterocycles. The molecule has 0 N–H and O–H groups in total. The zero-order valence-corrected chi connectivity index (χ0v) is 18.6. The Labute approximate surface area is 183 Å². The third kappa shape index (κ3) is 4.31. The van der Waals surface area contributed by atoms with Crippen molar-refractivity contribution < 1.29 is 18.7 Å². The van der Waals surface area contributed by atoms with Gasteiger partial charge in [0.1, 0.15) is 17.1 Å². The van der Waals surface area contributed by atoms with Crippen LogP contribution in [0.4, 0.5) is 0 Å². The number of hydrogen-bond donors (Lipinski definition) is 0. The minimum atomic E-state index is 0.0640. The number of methoxy groups -OCH3 is 2. The average molecular weight is 420 g/mol. The van der Waals surface area contributed by atoms with E-state index in [9.17, 15) is 4.79 Å². The van der Waals surface area contributed by atoms with Crippen LogP contribution in [-0.4, -0.2) is 38.1 Å². The second-order valence-electron chi connectivity index (χ2n) is 8.26. The number of likely N-dealkylation sites (tertiary alicyclic amines) is 1. The molecule has 1 aliphatic rings. The van der Waals surface area contributed by atoms with E-state index in [1.165, 1.54) is 0 Å². The number of fused-ring (bicyclic) bond motifs is 1. The fourth-order valence-electron chi connectivity index (χ4n) is 4.11. The van der Waals surface area contributed by atoms with Crippen LogP contribution in [0.5, 0.6) is 11.5 Å². The number of allylic oxidation sites excluding steroid dienone is 1. The number of hydrogen-bond acceptors (Lipinski definition) is 4. The number of piperidine rings is 1. The molecule has 0 atom stereocenters. The summed E-state index contributed by atoms with van der Waals surface area (Å²) in [5, 5.41) is 0.980. The van der Waals surface area contributed by atoms with Crippen molar-refractivity contribution in [3.8, 4) is 22.6 Å². The Morgan fingerprint density at radius 1 is 1.10 bits per heavy atom. The molecule has 0 radical (unpaired) electrons. The van der Waals surface area contributed by atoms with E-state index in [0.29, 0.717) is 11.7 Å². The predicted molar refractivity (Wildman–Crippen MR) is 123 cm³/mol. The second-order valence-corrected chi connectivity index (χ2v) is 8.26. The van der Waals surface area contributed by atoms with Crippen LogP contribution in [0.25, 0.3) is 27.7 Å². The van der Waals surface area contributed by atoms with E-state index < -0.39 is 0 Å². The molecule has 5 heteroatoms. The van der Waals surface area contributed by atoms with Crippen molar-refractivity contribution in [1.82, 2.24) is 4.90 Å². The van der Waals surface area contributed by atoms with Crippen molar-refractivity contribution >= 4 is 22.4 Å². The Bertz CT molecular complexity index is 1100. The van der Waals surface area contributed by atoms with Crippen LogP contribution < -0.4 is 9.47 Å². The van der Waals surface area contributed by atoms with Gasteiger partial charge in [-0.25, -0.2) is 0 Å². The number of nitrogens with zero attached hydrogens (tertiary/aromatic N) is 1. The molecular formula is C26H29NO4. The summed E-state index contributed by atoms with van der Waals surface area (Å²) in [6.45, 7) is 5.85. The second kappa shape index (κ2) is 8.88. The molecule has 3 aromatic rings. The van der Waals surface area contributed by atoms with Crippen LogP contribution >= 0.6 is 0 Å². The molecule has 0 saturated carbocycles. The van der Waals surface area contributed by atoms with Gasteiger partial charge in [-0.2, -0.15) is 0 Å². The smallest absolute Gasteiger partial charge is 0.246 e. The van der Waals surface area contributed by atoms with Crippen LogP contribution in [0.1, 0.15) is 32.3 Å². The first-order valence-corrected chi connectivity index (χ1v) is 10.7. The van der Waals surface area contributed by atoms with Gasteiger partial charge in [-0.3, -0.25) is 4.79 Å². The number of amides is 1. The summed E-state index contributed by atoms with van der Waals surface area (Å²) in [6.07, 6.45) is 5.61. The van der Waals surface area contributed by atoms with Gasteiger partial charge in [0.25, 0.3) is 0 Å². The first kappa shape index (κ1) is 21.0. The quantitative estimate of drug-likeness (QED) is 0.492. The monoisotopic (exact) mass is 419 g/mol. The maximum absolute atomic E-state index is 12.8. The van der Waals surface area contributed by atoms with E-state index in [0.717, 1.165) is 64.9 Å². The Morgan fingerprint density at radius 2 is 1.81 bits per heavy atom. The highest BCUT2D eigenvalue weighted by Gasteiger charge is 2.20. The summed E-state index contributed by atoms with van der Waals surface area (Å²) in [6, 6.07) is 11.8. The largest absolute Gasteiger partial charge is 0.497 e. The van der Waals surface area contributed by atoms with Crippen molar-refractivity contribution in [3.63, 3.8) is 0 Å². The first-order chi connectivity index (χ1) is 15.0. The molecule has 1 aromatic heterocycles. The SMILES string of the molecule is COc1ccc(-c2coc3cc(OC)c(/C(C)=C/C(=O)N4CCC(C)CC4)cc23)cc1. The van der Waals surface area contributed by atoms with Crippen LogP contribution in [0, 0.1) is 5.92 Å². The number of carbonyl (C=O) groups is 1. The maximum atomic E-state index is 12.8. The summed E-state index contributed by atoms with van der Waals surface area (Å²) in [4.78, 5) is 14.8. The van der Waals surface area contributed by atoms with Gasteiger partial charge in [-0.05, 0) is 55.0 Å². The van der Waals surface area contributed by atoms with Crippen molar-refractivity contribution in [2.24, 2.45) is 5.92 Å². The predicted octanol–water partition coefficient (Wildman–Crippen LogP) is 5.78. The minimum Gasteiger partial charge on any atom is -0.497 e. The Kier molecular flexibility index (Phi) is 6.03. The van der Waals surface area contributed by atoms with Crippen molar-refractivity contribution in [1.29, 1.82) is 0 Å². The molecule has 0 aliphatic carbocycles. The number of carbonyl (C=O) groups excluding carboxylic acids is 1. The molecule has 2 heterocycles. The Balaban J connectivity index is 1.70. The van der Waals surface area contributed by atoms with Gasteiger partial charge in [0.05, 0.1) is 20.5 Å². The van der Waals surface area contributed by atoms with Crippen molar-refractivity contribution in [2.45, 2.75) is 26.7 Å². The normalized spacial score (nSPS) is 15.4. The lowest BCUT2D eigenvalue weighted by molar-refractivity contribution is -0.127. The van der Waals surface area contributed by atoms with Crippen LogP contribution in [0.2, 0.25) is 0 Å². The molecule has 4 rings (SSSR count). The van der Waals surface area contributed by atoms with Gasteiger partial charge in [-0.1, -0.05) is 19.1 Å². The fourth-order valence-corrected chi connectivity index (χ4v) is 4.11. The highest BCUT2D eigenvalue weighted by molar-refractivity contribution is 6.00. The zero-order valence-electron chi connectivity index (χ0n) is 18.6. The third-order valence-corrected chi connectivity index (χ3v) is 6.16. The summed E-state index contributed by atoms with van der Waals surface area (Å²) in [7, 11) is 3.29. The van der Waals surface area contributed by atoms with E-state index in [-0.39, 0.29) is 5.91 Å². The first-order valence-electron chi connectivity index (χ1n) is 10.7. The summed E-state index contributed by atoms with van der Waals surface area (Å²) in [5.41, 5.74) is 4.55. The highest BCUT2D eigenvalue weighted by atomic mass is 16.5. The van der Waals surface area contributed by atoms with E-state index in [4.69, 9.17) is 13.9 Å². The molecule has 0 unspecified atom stereocenters. The van der Waals surface area contributed by atoms with Gasteiger partial charge < -0.3 is 18.8 Å². The lowest BCUT2D eigenvalue weighted by atomic mass is 9.98. The number of furan rings is 1. The third-order valence-electron chi connectivity index (χ3n) is 6.16. The minimum absolute atomic E-state index is 0.0640. The van der Waals surface area contributed by atoms with E-state index in [2.05, 4.69) is 13.0 Å².